The Labute approximate surface area is 126 Å². The first kappa shape index (κ1) is 15.0. The first-order chi connectivity index (χ1) is 10.2. The maximum Gasteiger partial charge on any atom is 0.330 e. The van der Waals surface area contributed by atoms with Crippen LogP contribution in [0, 0.1) is 6.92 Å². The van der Waals surface area contributed by atoms with Gasteiger partial charge in [-0.25, -0.2) is 4.79 Å². The Kier molecular flexibility index (Phi) is 5.77. The molecule has 2 nitrogen and oxygen atoms in total. The van der Waals surface area contributed by atoms with E-state index >= 15 is 0 Å². The molecule has 0 N–H and O–H groups in total. The third kappa shape index (κ3) is 5.65. The molecule has 0 atom stereocenters. The van der Waals surface area contributed by atoms with Crippen LogP contribution in [-0.2, 0) is 16.0 Å². The molecule has 0 saturated heterocycles. The molecule has 0 bridgehead atoms. The normalized spacial score (nSPS) is 10.7. The second-order valence-electron chi connectivity index (χ2n) is 5.00. The predicted molar refractivity (Wildman–Crippen MR) is 85.9 cm³/mol. The first-order valence-electron chi connectivity index (χ1n) is 7.19. The number of benzene rings is 2. The van der Waals surface area contributed by atoms with Crippen LogP contribution in [0.3, 0.4) is 0 Å². The molecule has 0 aliphatic heterocycles. The summed E-state index contributed by atoms with van der Waals surface area (Å²) in [6.45, 7) is 2.49. The Bertz CT molecular complexity index is 583. The number of hydrogen-bond donors (Lipinski definition) is 0. The van der Waals surface area contributed by atoms with Gasteiger partial charge in [-0.2, -0.15) is 0 Å². The van der Waals surface area contributed by atoms with Crippen molar-refractivity contribution in [3.05, 3.63) is 77.4 Å². The highest BCUT2D eigenvalue weighted by molar-refractivity contribution is 5.87. The third-order valence-electron chi connectivity index (χ3n) is 3.19. The van der Waals surface area contributed by atoms with Gasteiger partial charge in [0.25, 0.3) is 0 Å². The van der Waals surface area contributed by atoms with E-state index in [4.69, 9.17) is 4.74 Å². The van der Waals surface area contributed by atoms with E-state index in [-0.39, 0.29) is 5.97 Å². The molecule has 0 aliphatic carbocycles. The average molecular weight is 280 g/mol. The van der Waals surface area contributed by atoms with Gasteiger partial charge in [0.1, 0.15) is 0 Å². The molecule has 0 fully saturated rings. The Morgan fingerprint density at radius 1 is 1.05 bits per heavy atom. The molecule has 0 heterocycles. The van der Waals surface area contributed by atoms with Crippen LogP contribution in [0.5, 0.6) is 0 Å². The van der Waals surface area contributed by atoms with E-state index < -0.39 is 0 Å². The van der Waals surface area contributed by atoms with Crippen molar-refractivity contribution in [2.24, 2.45) is 0 Å². The molecule has 108 valence electrons. The topological polar surface area (TPSA) is 26.3 Å². The largest absolute Gasteiger partial charge is 0.463 e. The molecule has 0 aliphatic rings. The Hall–Kier alpha value is -2.35. The lowest BCUT2D eigenvalue weighted by Gasteiger charge is -2.02. The maximum atomic E-state index is 11.6. The molecule has 2 aromatic rings. The van der Waals surface area contributed by atoms with Crippen LogP contribution in [0.15, 0.2) is 60.7 Å². The highest BCUT2D eigenvalue weighted by Gasteiger charge is 1.98. The summed E-state index contributed by atoms with van der Waals surface area (Å²) >= 11 is 0. The molecule has 2 aromatic carbocycles. The Morgan fingerprint density at radius 3 is 2.48 bits per heavy atom. The first-order valence-corrected chi connectivity index (χ1v) is 7.19. The molecule has 0 amide bonds. The van der Waals surface area contributed by atoms with Crippen molar-refractivity contribution < 1.29 is 9.53 Å². The van der Waals surface area contributed by atoms with Crippen LogP contribution in [0.1, 0.15) is 23.1 Å². The van der Waals surface area contributed by atoms with Crippen molar-refractivity contribution in [3.63, 3.8) is 0 Å². The SMILES string of the molecule is Cc1ccc(C=CC(=O)OCCCc2ccccc2)cc1. The van der Waals surface area contributed by atoms with Crippen molar-refractivity contribution in [2.45, 2.75) is 19.8 Å². The van der Waals surface area contributed by atoms with Gasteiger partial charge in [0.15, 0.2) is 0 Å². The number of esters is 1. The molecule has 0 radical (unpaired) electrons. The second-order valence-corrected chi connectivity index (χ2v) is 5.00. The lowest BCUT2D eigenvalue weighted by molar-refractivity contribution is -0.137. The van der Waals surface area contributed by atoms with Gasteiger partial charge in [-0.15, -0.1) is 0 Å². The minimum atomic E-state index is -0.288. The van der Waals surface area contributed by atoms with E-state index in [1.54, 1.807) is 6.08 Å². The van der Waals surface area contributed by atoms with E-state index in [1.807, 2.05) is 49.4 Å². The number of carbonyl (C=O) groups excluding carboxylic acids is 1. The zero-order valence-electron chi connectivity index (χ0n) is 12.3. The minimum Gasteiger partial charge on any atom is -0.463 e. The van der Waals surface area contributed by atoms with Gasteiger partial charge in [0.05, 0.1) is 6.61 Å². The quantitative estimate of drug-likeness (QED) is 0.450. The number of hydrogen-bond acceptors (Lipinski definition) is 2. The molecule has 2 rings (SSSR count). The highest BCUT2D eigenvalue weighted by Crippen LogP contribution is 2.06. The highest BCUT2D eigenvalue weighted by atomic mass is 16.5. The standard InChI is InChI=1S/C19H20O2/c1-16-9-11-18(12-10-16)13-14-19(20)21-15-5-8-17-6-3-2-4-7-17/h2-4,6-7,9-14H,5,8,15H2,1H3. The lowest BCUT2D eigenvalue weighted by Crippen LogP contribution is -2.03. The number of aryl methyl sites for hydroxylation is 2. The van der Waals surface area contributed by atoms with Gasteiger partial charge in [0.2, 0.25) is 0 Å². The predicted octanol–water partition coefficient (Wildman–Crippen LogP) is 4.18. The fourth-order valence-electron chi connectivity index (χ4n) is 1.98. The summed E-state index contributed by atoms with van der Waals surface area (Å²) in [5.74, 6) is -0.288. The average Bonchev–Trinajstić information content (AvgIpc) is 2.52. The molecule has 2 heteroatoms. The fourth-order valence-corrected chi connectivity index (χ4v) is 1.98. The van der Waals surface area contributed by atoms with Crippen LogP contribution >= 0.6 is 0 Å². The molecule has 0 spiro atoms. The van der Waals surface area contributed by atoms with Crippen molar-refractivity contribution in [3.8, 4) is 0 Å². The lowest BCUT2D eigenvalue weighted by atomic mass is 10.1. The molecule has 0 unspecified atom stereocenters. The van der Waals surface area contributed by atoms with Crippen LogP contribution in [-0.4, -0.2) is 12.6 Å². The van der Waals surface area contributed by atoms with Gasteiger partial charge in [-0.1, -0.05) is 60.2 Å². The van der Waals surface area contributed by atoms with Crippen LogP contribution < -0.4 is 0 Å². The van der Waals surface area contributed by atoms with Crippen molar-refractivity contribution in [1.82, 2.24) is 0 Å². The van der Waals surface area contributed by atoms with Crippen LogP contribution in [0.2, 0.25) is 0 Å². The van der Waals surface area contributed by atoms with Crippen molar-refractivity contribution >= 4 is 12.0 Å². The van der Waals surface area contributed by atoms with Gasteiger partial charge in [-0.3, -0.25) is 0 Å². The molecule has 21 heavy (non-hydrogen) atoms. The summed E-state index contributed by atoms with van der Waals surface area (Å²) in [7, 11) is 0. The third-order valence-corrected chi connectivity index (χ3v) is 3.19. The summed E-state index contributed by atoms with van der Waals surface area (Å²) < 4.78 is 5.18. The Morgan fingerprint density at radius 2 is 1.76 bits per heavy atom. The second kappa shape index (κ2) is 8.05. The molecule has 0 saturated carbocycles. The van der Waals surface area contributed by atoms with Gasteiger partial charge < -0.3 is 4.74 Å². The summed E-state index contributed by atoms with van der Waals surface area (Å²) in [5, 5.41) is 0. The summed E-state index contributed by atoms with van der Waals surface area (Å²) in [6.07, 6.45) is 5.02. The maximum absolute atomic E-state index is 11.6. The summed E-state index contributed by atoms with van der Waals surface area (Å²) in [6, 6.07) is 18.2. The van der Waals surface area contributed by atoms with Gasteiger partial charge in [0, 0.05) is 6.08 Å². The summed E-state index contributed by atoms with van der Waals surface area (Å²) in [4.78, 5) is 11.6. The Balaban J connectivity index is 1.69. The molecular formula is C19H20O2. The monoisotopic (exact) mass is 280 g/mol. The van der Waals surface area contributed by atoms with E-state index in [0.717, 1.165) is 18.4 Å². The van der Waals surface area contributed by atoms with E-state index in [9.17, 15) is 4.79 Å². The van der Waals surface area contributed by atoms with Crippen LogP contribution in [0.25, 0.3) is 6.08 Å². The smallest absolute Gasteiger partial charge is 0.330 e. The van der Waals surface area contributed by atoms with E-state index in [1.165, 1.54) is 17.2 Å². The fraction of sp³-hybridized carbons (Fsp3) is 0.211. The van der Waals surface area contributed by atoms with Crippen molar-refractivity contribution in [1.29, 1.82) is 0 Å². The van der Waals surface area contributed by atoms with E-state index in [0.29, 0.717) is 6.61 Å². The zero-order chi connectivity index (χ0) is 14.9. The van der Waals surface area contributed by atoms with Gasteiger partial charge >= 0.3 is 5.97 Å². The number of ether oxygens (including phenoxy) is 1. The minimum absolute atomic E-state index is 0.288. The van der Waals surface area contributed by atoms with Crippen LogP contribution in [0.4, 0.5) is 0 Å². The molecule has 0 aromatic heterocycles. The number of carbonyl (C=O) groups is 1. The zero-order valence-corrected chi connectivity index (χ0v) is 12.3. The summed E-state index contributed by atoms with van der Waals surface area (Å²) in [5.41, 5.74) is 3.47. The van der Waals surface area contributed by atoms with Crippen molar-refractivity contribution in [2.75, 3.05) is 6.61 Å². The van der Waals surface area contributed by atoms with E-state index in [2.05, 4.69) is 12.1 Å². The number of rotatable bonds is 6. The molecular weight excluding hydrogens is 260 g/mol. The van der Waals surface area contributed by atoms with Gasteiger partial charge in [-0.05, 0) is 37.0 Å².